The van der Waals surface area contributed by atoms with Crippen molar-refractivity contribution >= 4 is 12.0 Å². The zero-order chi connectivity index (χ0) is 15.9. The minimum Gasteiger partial charge on any atom is -0.465 e. The van der Waals surface area contributed by atoms with Crippen molar-refractivity contribution in [1.82, 2.24) is 0 Å². The molecule has 4 nitrogen and oxygen atoms in total. The van der Waals surface area contributed by atoms with Crippen LogP contribution in [0.15, 0.2) is 54.1 Å². The Morgan fingerprint density at radius 3 is 2.32 bits per heavy atom. The van der Waals surface area contributed by atoms with E-state index in [1.165, 1.54) is 13.2 Å². The van der Waals surface area contributed by atoms with Gasteiger partial charge in [-0.15, -0.1) is 0 Å². The number of benzene rings is 2. The predicted molar refractivity (Wildman–Crippen MR) is 82.4 cm³/mol. The van der Waals surface area contributed by atoms with E-state index < -0.39 is 0 Å². The minimum atomic E-state index is -0.379. The lowest BCUT2D eigenvalue weighted by Crippen LogP contribution is -2.00. The van der Waals surface area contributed by atoms with Crippen LogP contribution < -0.4 is 0 Å². The Labute approximate surface area is 128 Å². The van der Waals surface area contributed by atoms with E-state index >= 15 is 0 Å². The second-order valence-corrected chi connectivity index (χ2v) is 4.48. The van der Waals surface area contributed by atoms with Crippen LogP contribution in [0.3, 0.4) is 0 Å². The summed E-state index contributed by atoms with van der Waals surface area (Å²) in [5.41, 5.74) is 3.17. The van der Waals surface area contributed by atoms with Gasteiger partial charge in [0, 0.05) is 0 Å². The molecule has 0 spiro atoms. The van der Waals surface area contributed by atoms with E-state index in [-0.39, 0.29) is 11.5 Å². The highest BCUT2D eigenvalue weighted by molar-refractivity contribution is 5.90. The van der Waals surface area contributed by atoms with Gasteiger partial charge in [-0.3, -0.25) is 0 Å². The first kappa shape index (κ1) is 15.0. The number of methoxy groups -OCH3 is 1. The molecule has 0 amide bonds. The summed E-state index contributed by atoms with van der Waals surface area (Å²) in [6.07, 6.45) is 1.53. The van der Waals surface area contributed by atoms with Crippen molar-refractivity contribution in [1.29, 1.82) is 10.5 Å². The molecule has 0 N–H and O–H groups in total. The Bertz CT molecular complexity index is 790. The normalized spacial score (nSPS) is 9.23. The molecule has 0 aliphatic heterocycles. The highest BCUT2D eigenvalue weighted by Gasteiger charge is 2.05. The molecule has 0 aliphatic rings. The van der Waals surface area contributed by atoms with Gasteiger partial charge in [-0.2, -0.15) is 10.5 Å². The minimum absolute atomic E-state index is 0.0539. The predicted octanol–water partition coefficient (Wildman–Crippen LogP) is 3.57. The van der Waals surface area contributed by atoms with E-state index in [1.54, 1.807) is 12.1 Å². The van der Waals surface area contributed by atoms with Crippen LogP contribution in [0.4, 0.5) is 0 Å². The van der Waals surface area contributed by atoms with Gasteiger partial charge in [0.15, 0.2) is 0 Å². The molecule has 0 heterocycles. The lowest BCUT2D eigenvalue weighted by molar-refractivity contribution is 0.0601. The van der Waals surface area contributed by atoms with Gasteiger partial charge < -0.3 is 4.74 Å². The van der Waals surface area contributed by atoms with Crippen LogP contribution in [0.2, 0.25) is 0 Å². The van der Waals surface area contributed by atoms with Crippen LogP contribution >= 0.6 is 0 Å². The molecular formula is C18H12N2O2. The summed E-state index contributed by atoms with van der Waals surface area (Å²) >= 11 is 0. The number of carbonyl (C=O) groups excluding carboxylic acids is 1. The van der Waals surface area contributed by atoms with Crippen molar-refractivity contribution in [3.05, 3.63) is 65.2 Å². The fraction of sp³-hybridized carbons (Fsp3) is 0.0556. The number of hydrogen-bond donors (Lipinski definition) is 0. The molecule has 0 aromatic heterocycles. The third kappa shape index (κ3) is 3.39. The molecule has 0 unspecified atom stereocenters. The molecule has 22 heavy (non-hydrogen) atoms. The van der Waals surface area contributed by atoms with Crippen molar-refractivity contribution in [2.45, 2.75) is 0 Å². The second-order valence-electron chi connectivity index (χ2n) is 4.48. The molecule has 0 aliphatic carbocycles. The van der Waals surface area contributed by atoms with E-state index in [9.17, 15) is 4.79 Å². The van der Waals surface area contributed by atoms with Gasteiger partial charge in [-0.25, -0.2) is 4.79 Å². The van der Waals surface area contributed by atoms with E-state index in [0.717, 1.165) is 16.7 Å². The molecule has 106 valence electrons. The highest BCUT2D eigenvalue weighted by atomic mass is 16.5. The number of carbonyl (C=O) groups is 1. The Morgan fingerprint density at radius 2 is 1.73 bits per heavy atom. The summed E-state index contributed by atoms with van der Waals surface area (Å²) in [4.78, 5) is 11.4. The van der Waals surface area contributed by atoms with Gasteiger partial charge in [0.1, 0.15) is 17.7 Å². The number of nitrogens with zero attached hydrogens (tertiary/aromatic N) is 2. The van der Waals surface area contributed by atoms with Crippen molar-refractivity contribution in [2.75, 3.05) is 7.11 Å². The zero-order valence-electron chi connectivity index (χ0n) is 11.9. The van der Waals surface area contributed by atoms with Crippen molar-refractivity contribution < 1.29 is 9.53 Å². The van der Waals surface area contributed by atoms with Gasteiger partial charge >= 0.3 is 5.97 Å². The summed E-state index contributed by atoms with van der Waals surface area (Å²) in [5.74, 6) is -0.379. The molecule has 2 rings (SSSR count). The summed E-state index contributed by atoms with van der Waals surface area (Å²) < 4.78 is 4.66. The standard InChI is InChI=1S/C18H12N2O2/c1-22-18(21)16-7-5-15(6-8-16)17-4-2-3-13(10-17)9-14(11-19)12-20/h2-10H,1H3. The largest absolute Gasteiger partial charge is 0.465 e. The van der Waals surface area contributed by atoms with Gasteiger partial charge in [0.2, 0.25) is 0 Å². The van der Waals surface area contributed by atoms with Crippen LogP contribution in [0, 0.1) is 22.7 Å². The maximum Gasteiger partial charge on any atom is 0.337 e. The number of hydrogen-bond acceptors (Lipinski definition) is 4. The maximum absolute atomic E-state index is 11.4. The first-order chi connectivity index (χ1) is 10.7. The summed E-state index contributed by atoms with van der Waals surface area (Å²) in [5, 5.41) is 17.6. The molecule has 0 fully saturated rings. The molecule has 2 aromatic rings. The van der Waals surface area contributed by atoms with Crippen LogP contribution in [0.1, 0.15) is 15.9 Å². The van der Waals surface area contributed by atoms with Crippen molar-refractivity contribution in [3.63, 3.8) is 0 Å². The number of ether oxygens (including phenoxy) is 1. The molecule has 0 atom stereocenters. The number of rotatable bonds is 3. The van der Waals surface area contributed by atoms with Gasteiger partial charge in [0.25, 0.3) is 0 Å². The van der Waals surface area contributed by atoms with Gasteiger partial charge in [-0.05, 0) is 41.0 Å². The second kappa shape index (κ2) is 6.88. The monoisotopic (exact) mass is 288 g/mol. The van der Waals surface area contributed by atoms with E-state index in [0.29, 0.717) is 5.56 Å². The Balaban J connectivity index is 2.35. The summed E-state index contributed by atoms with van der Waals surface area (Å²) in [6.45, 7) is 0. The van der Waals surface area contributed by atoms with E-state index in [1.807, 2.05) is 48.5 Å². The van der Waals surface area contributed by atoms with E-state index in [2.05, 4.69) is 4.74 Å². The maximum atomic E-state index is 11.4. The Morgan fingerprint density at radius 1 is 1.05 bits per heavy atom. The molecular weight excluding hydrogens is 276 g/mol. The first-order valence-corrected chi connectivity index (χ1v) is 6.48. The highest BCUT2D eigenvalue weighted by Crippen LogP contribution is 2.22. The van der Waals surface area contributed by atoms with Gasteiger partial charge in [-0.1, -0.05) is 30.3 Å². The van der Waals surface area contributed by atoms with E-state index in [4.69, 9.17) is 10.5 Å². The van der Waals surface area contributed by atoms with Crippen LogP contribution in [-0.4, -0.2) is 13.1 Å². The van der Waals surface area contributed by atoms with Crippen molar-refractivity contribution in [2.24, 2.45) is 0 Å². The van der Waals surface area contributed by atoms with Crippen molar-refractivity contribution in [3.8, 4) is 23.3 Å². The molecule has 0 radical (unpaired) electrons. The third-order valence-electron chi connectivity index (χ3n) is 3.08. The first-order valence-electron chi connectivity index (χ1n) is 6.48. The SMILES string of the molecule is COC(=O)c1ccc(-c2cccc(C=C(C#N)C#N)c2)cc1. The Kier molecular flexibility index (Phi) is 4.70. The fourth-order valence-electron chi connectivity index (χ4n) is 1.98. The average Bonchev–Trinajstić information content (AvgIpc) is 2.59. The smallest absolute Gasteiger partial charge is 0.337 e. The summed E-state index contributed by atoms with van der Waals surface area (Å²) in [7, 11) is 1.34. The number of esters is 1. The number of allylic oxidation sites excluding steroid dienone is 1. The molecule has 0 bridgehead atoms. The molecule has 0 saturated heterocycles. The summed E-state index contributed by atoms with van der Waals surface area (Å²) in [6, 6.07) is 18.2. The van der Waals surface area contributed by atoms with Crippen LogP contribution in [0.5, 0.6) is 0 Å². The lowest BCUT2D eigenvalue weighted by atomic mass is 10.0. The fourth-order valence-corrected chi connectivity index (χ4v) is 1.98. The quantitative estimate of drug-likeness (QED) is 0.639. The number of nitriles is 2. The molecule has 4 heteroatoms. The third-order valence-corrected chi connectivity index (χ3v) is 3.08. The molecule has 0 saturated carbocycles. The Hall–Kier alpha value is -3.37. The van der Waals surface area contributed by atoms with Crippen LogP contribution in [-0.2, 0) is 4.74 Å². The topological polar surface area (TPSA) is 73.9 Å². The van der Waals surface area contributed by atoms with Gasteiger partial charge in [0.05, 0.1) is 12.7 Å². The molecule has 2 aromatic carbocycles. The zero-order valence-corrected chi connectivity index (χ0v) is 11.9. The lowest BCUT2D eigenvalue weighted by Gasteiger charge is -2.04. The average molecular weight is 288 g/mol. The van der Waals surface area contributed by atoms with Crippen LogP contribution in [0.25, 0.3) is 17.2 Å².